The average Bonchev–Trinajstić information content (AvgIpc) is 2.88. The topological polar surface area (TPSA) is 29.5 Å². The highest BCUT2D eigenvalue weighted by atomic mass is 16.5. The van der Waals surface area contributed by atoms with Crippen molar-refractivity contribution in [1.29, 1.82) is 0 Å². The molecule has 1 aromatic carbocycles. The Bertz CT molecular complexity index is 476. The van der Waals surface area contributed by atoms with Gasteiger partial charge in [0.05, 0.1) is 0 Å². The molecule has 104 valence electrons. The highest BCUT2D eigenvalue weighted by Gasteiger charge is 2.24. The first-order valence-corrected chi connectivity index (χ1v) is 7.02. The largest absolute Gasteiger partial charge is 0.481 e. The SMILES string of the molecule is Cc1cc(C)c(C)c(O[C@H](C)C(=O)N2CCCC2)c1. The van der Waals surface area contributed by atoms with Crippen molar-refractivity contribution < 1.29 is 9.53 Å². The fourth-order valence-corrected chi connectivity index (χ4v) is 2.56. The van der Waals surface area contributed by atoms with E-state index in [0.717, 1.165) is 37.2 Å². The van der Waals surface area contributed by atoms with E-state index in [1.807, 2.05) is 31.7 Å². The fourth-order valence-electron chi connectivity index (χ4n) is 2.56. The van der Waals surface area contributed by atoms with Gasteiger partial charge in [-0.05, 0) is 63.3 Å². The molecule has 1 aliphatic rings. The summed E-state index contributed by atoms with van der Waals surface area (Å²) < 4.78 is 5.89. The molecule has 0 aromatic heterocycles. The highest BCUT2D eigenvalue weighted by Crippen LogP contribution is 2.25. The molecule has 1 aliphatic heterocycles. The van der Waals surface area contributed by atoms with Gasteiger partial charge in [0.2, 0.25) is 0 Å². The lowest BCUT2D eigenvalue weighted by Crippen LogP contribution is -2.38. The van der Waals surface area contributed by atoms with Crippen LogP contribution < -0.4 is 4.74 Å². The first-order chi connectivity index (χ1) is 8.99. The number of carbonyl (C=O) groups excluding carboxylic acids is 1. The Morgan fingerprint density at radius 2 is 1.84 bits per heavy atom. The molecule has 1 saturated heterocycles. The second kappa shape index (κ2) is 5.64. The summed E-state index contributed by atoms with van der Waals surface area (Å²) in [6, 6.07) is 4.14. The highest BCUT2D eigenvalue weighted by molar-refractivity contribution is 5.81. The van der Waals surface area contributed by atoms with Crippen molar-refractivity contribution in [2.45, 2.75) is 46.6 Å². The first-order valence-electron chi connectivity index (χ1n) is 7.02. The number of hydrogen-bond acceptors (Lipinski definition) is 2. The van der Waals surface area contributed by atoms with Gasteiger partial charge in [0.15, 0.2) is 6.10 Å². The second-order valence-corrected chi connectivity index (χ2v) is 5.50. The smallest absolute Gasteiger partial charge is 0.263 e. The van der Waals surface area contributed by atoms with Gasteiger partial charge in [0.1, 0.15) is 5.75 Å². The van der Waals surface area contributed by atoms with Crippen LogP contribution in [0.3, 0.4) is 0 Å². The van der Waals surface area contributed by atoms with Crippen LogP contribution in [-0.4, -0.2) is 30.0 Å². The van der Waals surface area contributed by atoms with Gasteiger partial charge >= 0.3 is 0 Å². The van der Waals surface area contributed by atoms with E-state index in [1.165, 1.54) is 11.1 Å². The van der Waals surface area contributed by atoms with Gasteiger partial charge in [-0.3, -0.25) is 4.79 Å². The molecule has 1 aromatic rings. The molecule has 1 atom stereocenters. The molecule has 19 heavy (non-hydrogen) atoms. The predicted octanol–water partition coefficient (Wildman–Crippen LogP) is 3.00. The van der Waals surface area contributed by atoms with Crippen LogP contribution in [0.15, 0.2) is 12.1 Å². The maximum Gasteiger partial charge on any atom is 0.263 e. The molecule has 0 radical (unpaired) electrons. The van der Waals surface area contributed by atoms with E-state index in [-0.39, 0.29) is 5.91 Å². The molecule has 3 nitrogen and oxygen atoms in total. The van der Waals surface area contributed by atoms with Crippen LogP contribution in [0.2, 0.25) is 0 Å². The van der Waals surface area contributed by atoms with E-state index >= 15 is 0 Å². The number of nitrogens with zero attached hydrogens (tertiary/aromatic N) is 1. The Labute approximate surface area is 115 Å². The molecule has 1 heterocycles. The number of amides is 1. The Balaban J connectivity index is 2.10. The Morgan fingerprint density at radius 1 is 1.21 bits per heavy atom. The van der Waals surface area contributed by atoms with Gasteiger partial charge in [0.25, 0.3) is 5.91 Å². The molecule has 2 rings (SSSR count). The summed E-state index contributed by atoms with van der Waals surface area (Å²) in [5.74, 6) is 0.939. The minimum Gasteiger partial charge on any atom is -0.481 e. The summed E-state index contributed by atoms with van der Waals surface area (Å²) in [6.45, 7) is 9.75. The van der Waals surface area contributed by atoms with Gasteiger partial charge in [-0.1, -0.05) is 6.07 Å². The van der Waals surface area contributed by atoms with Crippen molar-refractivity contribution in [3.8, 4) is 5.75 Å². The molecule has 1 amide bonds. The van der Waals surface area contributed by atoms with E-state index in [9.17, 15) is 4.79 Å². The van der Waals surface area contributed by atoms with Crippen molar-refractivity contribution in [2.75, 3.05) is 13.1 Å². The first kappa shape index (κ1) is 13.9. The lowest BCUT2D eigenvalue weighted by molar-refractivity contribution is -0.136. The minimum atomic E-state index is -0.405. The van der Waals surface area contributed by atoms with Crippen LogP contribution in [0.4, 0.5) is 0 Å². The van der Waals surface area contributed by atoms with Gasteiger partial charge in [0, 0.05) is 13.1 Å². The van der Waals surface area contributed by atoms with Crippen LogP contribution in [0.25, 0.3) is 0 Å². The third-order valence-corrected chi connectivity index (χ3v) is 3.83. The summed E-state index contributed by atoms with van der Waals surface area (Å²) in [4.78, 5) is 14.1. The number of rotatable bonds is 3. The monoisotopic (exact) mass is 261 g/mol. The quantitative estimate of drug-likeness (QED) is 0.837. The molecule has 3 heteroatoms. The number of aryl methyl sites for hydroxylation is 2. The second-order valence-electron chi connectivity index (χ2n) is 5.50. The summed E-state index contributed by atoms with van der Waals surface area (Å²) in [7, 11) is 0. The molecule has 0 N–H and O–H groups in total. The van der Waals surface area contributed by atoms with Crippen LogP contribution in [0, 0.1) is 20.8 Å². The number of ether oxygens (including phenoxy) is 1. The molecular formula is C16H23NO2. The fraction of sp³-hybridized carbons (Fsp3) is 0.562. The number of hydrogen-bond donors (Lipinski definition) is 0. The van der Waals surface area contributed by atoms with Gasteiger partial charge in [-0.15, -0.1) is 0 Å². The molecule has 1 fully saturated rings. The Kier molecular flexibility index (Phi) is 4.13. The zero-order valence-electron chi connectivity index (χ0n) is 12.3. The van der Waals surface area contributed by atoms with Crippen molar-refractivity contribution >= 4 is 5.91 Å². The van der Waals surface area contributed by atoms with Crippen LogP contribution >= 0.6 is 0 Å². The van der Waals surface area contributed by atoms with E-state index in [2.05, 4.69) is 13.0 Å². The number of likely N-dealkylation sites (tertiary alicyclic amines) is 1. The molecule has 0 bridgehead atoms. The summed E-state index contributed by atoms with van der Waals surface area (Å²) in [6.07, 6.45) is 1.82. The van der Waals surface area contributed by atoms with Crippen molar-refractivity contribution in [3.63, 3.8) is 0 Å². The zero-order chi connectivity index (χ0) is 14.0. The minimum absolute atomic E-state index is 0.107. The maximum atomic E-state index is 12.2. The van der Waals surface area contributed by atoms with E-state index in [1.54, 1.807) is 0 Å². The lowest BCUT2D eigenvalue weighted by Gasteiger charge is -2.22. The standard InChI is InChI=1S/C16H23NO2/c1-11-9-12(2)13(3)15(10-11)19-14(4)16(18)17-7-5-6-8-17/h9-10,14H,5-8H2,1-4H3/t14-/m1/s1. The third kappa shape index (κ3) is 3.09. The zero-order valence-corrected chi connectivity index (χ0v) is 12.3. The van der Waals surface area contributed by atoms with E-state index in [0.29, 0.717) is 0 Å². The summed E-state index contributed by atoms with van der Waals surface area (Å²) >= 11 is 0. The Hall–Kier alpha value is -1.51. The number of carbonyl (C=O) groups is 1. The summed E-state index contributed by atoms with van der Waals surface area (Å²) in [5.41, 5.74) is 3.49. The normalized spacial score (nSPS) is 16.5. The molecule has 0 aliphatic carbocycles. The van der Waals surface area contributed by atoms with E-state index < -0.39 is 6.10 Å². The maximum absolute atomic E-state index is 12.2. The molecule has 0 spiro atoms. The number of benzene rings is 1. The van der Waals surface area contributed by atoms with Crippen molar-refractivity contribution in [3.05, 3.63) is 28.8 Å². The van der Waals surface area contributed by atoms with Gasteiger partial charge in [-0.2, -0.15) is 0 Å². The van der Waals surface area contributed by atoms with Crippen LogP contribution in [-0.2, 0) is 4.79 Å². The lowest BCUT2D eigenvalue weighted by atomic mass is 10.1. The Morgan fingerprint density at radius 3 is 2.47 bits per heavy atom. The molecule has 0 saturated carbocycles. The third-order valence-electron chi connectivity index (χ3n) is 3.83. The van der Waals surface area contributed by atoms with Crippen molar-refractivity contribution in [2.24, 2.45) is 0 Å². The van der Waals surface area contributed by atoms with Gasteiger partial charge in [-0.25, -0.2) is 0 Å². The average molecular weight is 261 g/mol. The van der Waals surface area contributed by atoms with Gasteiger partial charge < -0.3 is 9.64 Å². The van der Waals surface area contributed by atoms with E-state index in [4.69, 9.17) is 4.74 Å². The predicted molar refractivity (Wildman–Crippen MR) is 76.6 cm³/mol. The van der Waals surface area contributed by atoms with Crippen LogP contribution in [0.1, 0.15) is 36.5 Å². The molecule has 0 unspecified atom stereocenters. The van der Waals surface area contributed by atoms with Crippen LogP contribution in [0.5, 0.6) is 5.75 Å². The van der Waals surface area contributed by atoms with Crippen molar-refractivity contribution in [1.82, 2.24) is 4.90 Å². The summed E-state index contributed by atoms with van der Waals surface area (Å²) in [5, 5.41) is 0. The molecular weight excluding hydrogens is 238 g/mol.